The van der Waals surface area contributed by atoms with Crippen molar-refractivity contribution in [2.24, 2.45) is 11.5 Å². The number of anilines is 1. The SMILES string of the molecule is CCCNC(=O)/C(N)=C(\N)c1ccc(F)c(-c2ccc(O)cc2)c1N. The van der Waals surface area contributed by atoms with Gasteiger partial charge in [-0.2, -0.15) is 0 Å². The zero-order valence-electron chi connectivity index (χ0n) is 13.8. The van der Waals surface area contributed by atoms with Crippen LogP contribution in [0, 0.1) is 5.82 Å². The molecule has 0 saturated heterocycles. The van der Waals surface area contributed by atoms with Gasteiger partial charge in [-0.1, -0.05) is 19.1 Å². The van der Waals surface area contributed by atoms with Gasteiger partial charge in [-0.3, -0.25) is 4.79 Å². The molecular weight excluding hydrogens is 323 g/mol. The fourth-order valence-corrected chi connectivity index (χ4v) is 2.35. The smallest absolute Gasteiger partial charge is 0.269 e. The summed E-state index contributed by atoms with van der Waals surface area (Å²) < 4.78 is 14.3. The van der Waals surface area contributed by atoms with Crippen LogP contribution < -0.4 is 22.5 Å². The third-order valence-electron chi connectivity index (χ3n) is 3.71. The van der Waals surface area contributed by atoms with E-state index < -0.39 is 11.7 Å². The van der Waals surface area contributed by atoms with E-state index in [1.807, 2.05) is 6.92 Å². The molecule has 8 N–H and O–H groups in total. The molecule has 2 aromatic rings. The van der Waals surface area contributed by atoms with E-state index in [1.165, 1.54) is 36.4 Å². The van der Waals surface area contributed by atoms with Gasteiger partial charge in [0.2, 0.25) is 0 Å². The minimum absolute atomic E-state index is 0.0221. The molecule has 2 aromatic carbocycles. The summed E-state index contributed by atoms with van der Waals surface area (Å²) >= 11 is 0. The van der Waals surface area contributed by atoms with Gasteiger partial charge in [-0.15, -0.1) is 0 Å². The van der Waals surface area contributed by atoms with Gasteiger partial charge in [0, 0.05) is 17.7 Å². The summed E-state index contributed by atoms with van der Waals surface area (Å²) in [5, 5.41) is 12.0. The number of hydrogen-bond acceptors (Lipinski definition) is 5. The van der Waals surface area contributed by atoms with Crippen LogP contribution in [-0.4, -0.2) is 17.6 Å². The van der Waals surface area contributed by atoms with Crippen molar-refractivity contribution in [3.05, 3.63) is 53.5 Å². The molecule has 0 bridgehead atoms. The van der Waals surface area contributed by atoms with E-state index in [9.17, 15) is 14.3 Å². The molecule has 0 heterocycles. The van der Waals surface area contributed by atoms with Crippen LogP contribution in [0.25, 0.3) is 16.8 Å². The molecule has 7 heteroatoms. The van der Waals surface area contributed by atoms with Crippen molar-refractivity contribution in [1.82, 2.24) is 5.32 Å². The molecule has 2 rings (SSSR count). The molecule has 0 aliphatic carbocycles. The number of amides is 1. The number of rotatable bonds is 5. The second kappa shape index (κ2) is 7.57. The average Bonchev–Trinajstić information content (AvgIpc) is 2.60. The average molecular weight is 344 g/mol. The third kappa shape index (κ3) is 3.82. The zero-order chi connectivity index (χ0) is 18.6. The quantitative estimate of drug-likeness (QED) is 0.418. The van der Waals surface area contributed by atoms with E-state index in [0.717, 1.165) is 6.42 Å². The van der Waals surface area contributed by atoms with Crippen molar-refractivity contribution in [2.75, 3.05) is 12.3 Å². The number of halogens is 1. The van der Waals surface area contributed by atoms with Crippen LogP contribution in [0.2, 0.25) is 0 Å². The Balaban J connectivity index is 2.51. The maximum absolute atomic E-state index is 14.3. The molecule has 1 amide bonds. The lowest BCUT2D eigenvalue weighted by Crippen LogP contribution is -2.31. The normalized spacial score (nSPS) is 11.8. The van der Waals surface area contributed by atoms with Crippen molar-refractivity contribution >= 4 is 17.3 Å². The van der Waals surface area contributed by atoms with Crippen LogP contribution in [0.5, 0.6) is 5.75 Å². The Bertz CT molecular complexity index is 817. The molecule has 0 aliphatic heterocycles. The summed E-state index contributed by atoms with van der Waals surface area (Å²) in [6.45, 7) is 2.37. The number of aromatic hydroxyl groups is 1. The number of nitrogens with two attached hydrogens (primary N) is 3. The minimum Gasteiger partial charge on any atom is -0.508 e. The molecule has 0 fully saturated rings. The van der Waals surface area contributed by atoms with Crippen molar-refractivity contribution in [3.63, 3.8) is 0 Å². The monoisotopic (exact) mass is 344 g/mol. The maximum Gasteiger partial charge on any atom is 0.269 e. The zero-order valence-corrected chi connectivity index (χ0v) is 13.8. The Morgan fingerprint density at radius 2 is 1.80 bits per heavy atom. The molecule has 0 radical (unpaired) electrons. The van der Waals surface area contributed by atoms with Gasteiger partial charge in [-0.25, -0.2) is 4.39 Å². The number of hydrogen-bond donors (Lipinski definition) is 5. The first kappa shape index (κ1) is 18.1. The third-order valence-corrected chi connectivity index (χ3v) is 3.71. The predicted molar refractivity (Wildman–Crippen MR) is 96.5 cm³/mol. The van der Waals surface area contributed by atoms with E-state index in [1.54, 1.807) is 0 Å². The second-order valence-electron chi connectivity index (χ2n) is 5.51. The van der Waals surface area contributed by atoms with Gasteiger partial charge in [-0.05, 0) is 36.2 Å². The summed E-state index contributed by atoms with van der Waals surface area (Å²) in [5.74, 6) is -1.00. The second-order valence-corrected chi connectivity index (χ2v) is 5.51. The van der Waals surface area contributed by atoms with E-state index in [-0.39, 0.29) is 34.0 Å². The van der Waals surface area contributed by atoms with Gasteiger partial charge in [0.15, 0.2) is 0 Å². The van der Waals surface area contributed by atoms with Gasteiger partial charge >= 0.3 is 0 Å². The Kier molecular flexibility index (Phi) is 5.49. The number of nitrogens with one attached hydrogen (secondary N) is 1. The van der Waals surface area contributed by atoms with E-state index in [4.69, 9.17) is 17.2 Å². The highest BCUT2D eigenvalue weighted by Crippen LogP contribution is 2.34. The lowest BCUT2D eigenvalue weighted by Gasteiger charge is -2.15. The van der Waals surface area contributed by atoms with Crippen LogP contribution in [-0.2, 0) is 4.79 Å². The number of phenols is 1. The number of nitrogen functional groups attached to an aromatic ring is 1. The van der Waals surface area contributed by atoms with Gasteiger partial charge in [0.05, 0.1) is 11.4 Å². The van der Waals surface area contributed by atoms with Crippen LogP contribution >= 0.6 is 0 Å². The summed E-state index contributed by atoms with van der Waals surface area (Å²) in [7, 11) is 0. The summed E-state index contributed by atoms with van der Waals surface area (Å²) in [6.07, 6.45) is 0.753. The highest BCUT2D eigenvalue weighted by atomic mass is 19.1. The van der Waals surface area contributed by atoms with Gasteiger partial charge < -0.3 is 27.6 Å². The number of carbonyl (C=O) groups excluding carboxylic acids is 1. The Hall–Kier alpha value is -3.22. The van der Waals surface area contributed by atoms with Gasteiger partial charge in [0.25, 0.3) is 5.91 Å². The lowest BCUT2D eigenvalue weighted by atomic mass is 9.97. The van der Waals surface area contributed by atoms with Crippen molar-refractivity contribution in [1.29, 1.82) is 0 Å². The Labute approximate surface area is 145 Å². The molecule has 0 unspecified atom stereocenters. The molecule has 0 saturated carbocycles. The number of carbonyl (C=O) groups is 1. The van der Waals surface area contributed by atoms with E-state index in [2.05, 4.69) is 5.32 Å². The van der Waals surface area contributed by atoms with Crippen molar-refractivity contribution < 1.29 is 14.3 Å². The summed E-state index contributed by atoms with van der Waals surface area (Å²) in [5.41, 5.74) is 18.6. The fourth-order valence-electron chi connectivity index (χ4n) is 2.35. The lowest BCUT2D eigenvalue weighted by molar-refractivity contribution is -0.117. The first-order chi connectivity index (χ1) is 11.9. The van der Waals surface area contributed by atoms with Crippen LogP contribution in [0.3, 0.4) is 0 Å². The maximum atomic E-state index is 14.3. The summed E-state index contributed by atoms with van der Waals surface area (Å²) in [6, 6.07) is 8.50. The molecule has 0 aliphatic rings. The van der Waals surface area contributed by atoms with Crippen LogP contribution in [0.15, 0.2) is 42.1 Å². The Morgan fingerprint density at radius 1 is 1.16 bits per heavy atom. The molecule has 6 nitrogen and oxygen atoms in total. The first-order valence-corrected chi connectivity index (χ1v) is 7.78. The van der Waals surface area contributed by atoms with Crippen molar-refractivity contribution in [2.45, 2.75) is 13.3 Å². The topological polar surface area (TPSA) is 127 Å². The molecule has 0 aromatic heterocycles. The standard InChI is InChI=1S/C18H21FN4O2/c1-2-9-23-18(25)17(22)16(21)12-7-8-13(19)14(15(12)20)10-3-5-11(24)6-4-10/h3-8,24H,2,9,20-22H2,1H3,(H,23,25)/b17-16+. The molecule has 132 valence electrons. The number of benzene rings is 2. The molecule has 25 heavy (non-hydrogen) atoms. The highest BCUT2D eigenvalue weighted by Gasteiger charge is 2.18. The minimum atomic E-state index is -0.547. The summed E-state index contributed by atoms with van der Waals surface area (Å²) in [4.78, 5) is 12.0. The van der Waals surface area contributed by atoms with E-state index in [0.29, 0.717) is 12.1 Å². The molecular formula is C18H21FN4O2. The van der Waals surface area contributed by atoms with Crippen LogP contribution in [0.4, 0.5) is 10.1 Å². The molecule has 0 atom stereocenters. The Morgan fingerprint density at radius 3 is 2.40 bits per heavy atom. The van der Waals surface area contributed by atoms with Crippen LogP contribution in [0.1, 0.15) is 18.9 Å². The van der Waals surface area contributed by atoms with Gasteiger partial charge in [0.1, 0.15) is 17.3 Å². The fraction of sp³-hybridized carbons (Fsp3) is 0.167. The van der Waals surface area contributed by atoms with Crippen molar-refractivity contribution in [3.8, 4) is 16.9 Å². The van der Waals surface area contributed by atoms with E-state index >= 15 is 0 Å². The largest absolute Gasteiger partial charge is 0.508 e. The molecule has 0 spiro atoms. The number of phenolic OH excluding ortho intramolecular Hbond substituents is 1. The first-order valence-electron chi connectivity index (χ1n) is 7.78. The highest BCUT2D eigenvalue weighted by molar-refractivity contribution is 6.01. The predicted octanol–water partition coefficient (Wildman–Crippen LogP) is 1.89.